The van der Waals surface area contributed by atoms with Crippen molar-refractivity contribution in [1.82, 2.24) is 4.98 Å². The fourth-order valence-electron chi connectivity index (χ4n) is 2.38. The maximum absolute atomic E-state index is 6.32. The Kier molecular flexibility index (Phi) is 5.33. The van der Waals surface area contributed by atoms with Crippen molar-refractivity contribution in [1.29, 1.82) is 0 Å². The summed E-state index contributed by atoms with van der Waals surface area (Å²) in [6.45, 7) is 0.898. The third kappa shape index (κ3) is 3.98. The summed E-state index contributed by atoms with van der Waals surface area (Å²) in [6.07, 6.45) is 7.21. The summed E-state index contributed by atoms with van der Waals surface area (Å²) in [5, 5.41) is 1.07. The molecule has 0 aliphatic carbocycles. The van der Waals surface area contributed by atoms with Gasteiger partial charge in [0.25, 0.3) is 0 Å². The van der Waals surface area contributed by atoms with Crippen molar-refractivity contribution < 1.29 is 4.42 Å². The van der Waals surface area contributed by atoms with Crippen LogP contribution in [0.25, 0.3) is 16.7 Å². The predicted octanol–water partition coefficient (Wildman–Crippen LogP) is 5.26. The Hall–Kier alpha value is -2.16. The summed E-state index contributed by atoms with van der Waals surface area (Å²) in [6, 6.07) is 10.1. The lowest BCUT2D eigenvalue weighted by Crippen LogP contribution is -1.96. The number of hydrogen-bond donors (Lipinski definition) is 2. The second kappa shape index (κ2) is 8.03. The molecular weight excluding hydrogens is 384 g/mol. The topological polar surface area (TPSA) is 76.4 Å². The van der Waals surface area contributed by atoms with Gasteiger partial charge in [-0.15, -0.1) is 23.1 Å². The first kappa shape index (κ1) is 17.3. The Balaban J connectivity index is 1.44. The Labute approximate surface area is 163 Å². The SMILES string of the molecule is Nc1c(/C=C/C2=NCCS2)cccc1NSc1ccc(-c2cnco2)s1. The number of nitrogens with zero attached hydrogens (tertiary/aromatic N) is 2. The molecule has 0 saturated carbocycles. The summed E-state index contributed by atoms with van der Waals surface area (Å²) < 4.78 is 9.79. The lowest BCUT2D eigenvalue weighted by molar-refractivity contribution is 0.573. The smallest absolute Gasteiger partial charge is 0.181 e. The summed E-state index contributed by atoms with van der Waals surface area (Å²) in [5.74, 6) is 1.84. The molecule has 0 fully saturated rings. The monoisotopic (exact) mass is 400 g/mol. The van der Waals surface area contributed by atoms with Crippen LogP contribution in [0.2, 0.25) is 0 Å². The molecule has 0 amide bonds. The molecule has 8 heteroatoms. The normalized spacial score (nSPS) is 14.1. The first-order valence-electron chi connectivity index (χ1n) is 7.95. The van der Waals surface area contributed by atoms with Gasteiger partial charge in [-0.05, 0) is 41.8 Å². The molecule has 0 bridgehead atoms. The molecule has 26 heavy (non-hydrogen) atoms. The lowest BCUT2D eigenvalue weighted by Gasteiger charge is -2.09. The van der Waals surface area contributed by atoms with Crippen LogP contribution in [0, 0.1) is 0 Å². The first-order chi connectivity index (χ1) is 12.8. The molecule has 0 spiro atoms. The van der Waals surface area contributed by atoms with Gasteiger partial charge in [-0.25, -0.2) is 4.98 Å². The minimum absolute atomic E-state index is 0.729. The van der Waals surface area contributed by atoms with Crippen molar-refractivity contribution in [2.24, 2.45) is 4.99 Å². The number of anilines is 2. The summed E-state index contributed by atoms with van der Waals surface area (Å²) in [4.78, 5) is 9.42. The van der Waals surface area contributed by atoms with Crippen LogP contribution in [0.5, 0.6) is 0 Å². The third-order valence-corrected chi connectivity index (χ3v) is 6.67. The Morgan fingerprint density at radius 1 is 1.23 bits per heavy atom. The van der Waals surface area contributed by atoms with E-state index in [0.717, 1.165) is 49.1 Å². The fraction of sp³-hybridized carbons (Fsp3) is 0.111. The number of rotatable bonds is 6. The molecule has 0 atom stereocenters. The average molecular weight is 401 g/mol. The van der Waals surface area contributed by atoms with Crippen LogP contribution in [-0.4, -0.2) is 22.3 Å². The molecule has 4 rings (SSSR count). The largest absolute Gasteiger partial charge is 0.443 e. The van der Waals surface area contributed by atoms with E-state index in [1.54, 1.807) is 29.3 Å². The van der Waals surface area contributed by atoms with E-state index in [4.69, 9.17) is 10.2 Å². The molecular formula is C18H16N4OS3. The molecule has 3 heterocycles. The van der Waals surface area contributed by atoms with Crippen molar-refractivity contribution >= 4 is 57.5 Å². The molecule has 2 aromatic heterocycles. The van der Waals surface area contributed by atoms with Gasteiger partial charge in [0.1, 0.15) is 0 Å². The highest BCUT2D eigenvalue weighted by Gasteiger charge is 2.09. The molecule has 1 aliphatic rings. The van der Waals surface area contributed by atoms with E-state index >= 15 is 0 Å². The number of oxazole rings is 1. The van der Waals surface area contributed by atoms with E-state index in [9.17, 15) is 0 Å². The minimum atomic E-state index is 0.729. The number of nitrogen functional groups attached to an aromatic ring is 1. The highest BCUT2D eigenvalue weighted by atomic mass is 32.2. The van der Waals surface area contributed by atoms with E-state index in [-0.39, 0.29) is 0 Å². The van der Waals surface area contributed by atoms with Crippen LogP contribution in [0.4, 0.5) is 11.4 Å². The number of thioether (sulfide) groups is 1. The number of aliphatic imine (C=N–C) groups is 1. The highest BCUT2D eigenvalue weighted by Crippen LogP contribution is 2.35. The van der Waals surface area contributed by atoms with Gasteiger partial charge in [0.2, 0.25) is 0 Å². The second-order valence-corrected chi connectivity index (χ2v) is 8.70. The van der Waals surface area contributed by atoms with Crippen LogP contribution in [-0.2, 0) is 0 Å². The molecule has 1 aliphatic heterocycles. The average Bonchev–Trinajstić information content (AvgIpc) is 3.41. The number of aromatic nitrogens is 1. The zero-order valence-electron chi connectivity index (χ0n) is 13.7. The van der Waals surface area contributed by atoms with Crippen LogP contribution in [0.1, 0.15) is 5.56 Å². The van der Waals surface area contributed by atoms with Gasteiger partial charge in [-0.3, -0.25) is 4.99 Å². The molecule has 1 aromatic carbocycles. The van der Waals surface area contributed by atoms with Crippen molar-refractivity contribution in [3.8, 4) is 10.6 Å². The maximum atomic E-state index is 6.32. The van der Waals surface area contributed by atoms with Gasteiger partial charge in [0.15, 0.2) is 12.2 Å². The number of nitrogens with one attached hydrogen (secondary N) is 1. The Morgan fingerprint density at radius 2 is 2.19 bits per heavy atom. The van der Waals surface area contributed by atoms with Crippen LogP contribution < -0.4 is 10.5 Å². The molecule has 5 nitrogen and oxygen atoms in total. The van der Waals surface area contributed by atoms with E-state index in [1.807, 2.05) is 36.4 Å². The van der Waals surface area contributed by atoms with Gasteiger partial charge in [-0.1, -0.05) is 18.2 Å². The predicted molar refractivity (Wildman–Crippen MR) is 114 cm³/mol. The molecule has 0 radical (unpaired) electrons. The quantitative estimate of drug-likeness (QED) is 0.434. The van der Waals surface area contributed by atoms with Crippen LogP contribution in [0.3, 0.4) is 0 Å². The lowest BCUT2D eigenvalue weighted by atomic mass is 10.1. The van der Waals surface area contributed by atoms with E-state index < -0.39 is 0 Å². The summed E-state index contributed by atoms with van der Waals surface area (Å²) >= 11 is 4.95. The molecule has 3 N–H and O–H groups in total. The number of hydrogen-bond acceptors (Lipinski definition) is 8. The summed E-state index contributed by atoms with van der Waals surface area (Å²) in [7, 11) is 0. The zero-order valence-corrected chi connectivity index (χ0v) is 16.2. The zero-order chi connectivity index (χ0) is 17.8. The number of nitrogens with two attached hydrogens (primary N) is 1. The van der Waals surface area contributed by atoms with Crippen molar-refractivity contribution in [3.63, 3.8) is 0 Å². The Bertz CT molecular complexity index is 947. The second-order valence-electron chi connectivity index (χ2n) is 5.40. The van der Waals surface area contributed by atoms with Crippen molar-refractivity contribution in [2.45, 2.75) is 4.21 Å². The maximum Gasteiger partial charge on any atom is 0.181 e. The molecule has 0 saturated heterocycles. The number of para-hydroxylation sites is 1. The van der Waals surface area contributed by atoms with Crippen LogP contribution in [0.15, 0.2) is 62.6 Å². The third-order valence-electron chi connectivity index (χ3n) is 3.67. The first-order valence-corrected chi connectivity index (χ1v) is 10.6. The number of thiophene rings is 1. The highest BCUT2D eigenvalue weighted by molar-refractivity contribution is 8.14. The van der Waals surface area contributed by atoms with E-state index in [1.165, 1.54) is 18.3 Å². The van der Waals surface area contributed by atoms with Gasteiger partial charge in [-0.2, -0.15) is 0 Å². The van der Waals surface area contributed by atoms with Gasteiger partial charge in [0, 0.05) is 12.3 Å². The minimum Gasteiger partial charge on any atom is -0.443 e. The molecule has 3 aromatic rings. The van der Waals surface area contributed by atoms with Gasteiger partial charge in [0.05, 0.1) is 31.7 Å². The molecule has 132 valence electrons. The van der Waals surface area contributed by atoms with Gasteiger partial charge >= 0.3 is 0 Å². The summed E-state index contributed by atoms with van der Waals surface area (Å²) in [5.41, 5.74) is 8.93. The number of benzene rings is 1. The van der Waals surface area contributed by atoms with Gasteiger partial charge < -0.3 is 14.9 Å². The Morgan fingerprint density at radius 3 is 3.00 bits per heavy atom. The van der Waals surface area contributed by atoms with E-state index in [0.29, 0.717) is 0 Å². The van der Waals surface area contributed by atoms with Crippen molar-refractivity contribution in [3.05, 3.63) is 54.6 Å². The standard InChI is InChI=1S/C18H16N4OS3/c19-18-12(4-6-16-21-8-9-24-16)2-1-3-13(18)22-26-17-7-5-15(25-17)14-10-20-11-23-14/h1-7,10-11,22H,8-9,19H2/b6-4+. The molecule has 0 unspecified atom stereocenters. The fourth-order valence-corrected chi connectivity index (χ4v) is 4.90. The van der Waals surface area contributed by atoms with Crippen molar-refractivity contribution in [2.75, 3.05) is 22.8 Å². The van der Waals surface area contributed by atoms with E-state index in [2.05, 4.69) is 20.8 Å². The van der Waals surface area contributed by atoms with Crippen LogP contribution >= 0.6 is 35.0 Å².